The van der Waals surface area contributed by atoms with Crippen molar-refractivity contribution < 1.29 is 19.3 Å². The molecule has 0 aromatic heterocycles. The zero-order chi connectivity index (χ0) is 15.4. The van der Waals surface area contributed by atoms with Gasteiger partial charge in [-0.05, 0) is 12.1 Å². The van der Waals surface area contributed by atoms with Crippen LogP contribution >= 0.6 is 0 Å². The Morgan fingerprint density at radius 3 is 2.24 bits per heavy atom. The van der Waals surface area contributed by atoms with Gasteiger partial charge < -0.3 is 9.47 Å². The van der Waals surface area contributed by atoms with Crippen LogP contribution < -0.4 is 9.47 Å². The molecule has 0 saturated heterocycles. The van der Waals surface area contributed by atoms with Crippen LogP contribution in [0.1, 0.15) is 0 Å². The molecule has 0 bridgehead atoms. The van der Waals surface area contributed by atoms with Crippen molar-refractivity contribution in [3.05, 3.63) is 62.7 Å². The number of nitro benzene ring substituents is 2. The molecular weight excluding hydrogens is 280 g/mol. The third kappa shape index (κ3) is 3.06. The van der Waals surface area contributed by atoms with Gasteiger partial charge in [0, 0.05) is 12.1 Å². The molecule has 0 radical (unpaired) electrons. The van der Waals surface area contributed by atoms with Gasteiger partial charge in [-0.25, -0.2) is 0 Å². The van der Waals surface area contributed by atoms with Crippen molar-refractivity contribution in [2.45, 2.75) is 0 Å². The zero-order valence-corrected chi connectivity index (χ0v) is 10.9. The van der Waals surface area contributed by atoms with Gasteiger partial charge in [0.15, 0.2) is 11.5 Å². The number of para-hydroxylation sites is 2. The largest absolute Gasteiger partial charge is 0.493 e. The minimum absolute atomic E-state index is 0.0266. The maximum absolute atomic E-state index is 10.9. The molecule has 8 heteroatoms. The molecule has 0 heterocycles. The molecule has 0 aliphatic carbocycles. The van der Waals surface area contributed by atoms with Crippen LogP contribution in [0, 0.1) is 20.2 Å². The maximum Gasteiger partial charge on any atom is 0.311 e. The van der Waals surface area contributed by atoms with E-state index in [2.05, 4.69) is 0 Å². The van der Waals surface area contributed by atoms with E-state index in [-0.39, 0.29) is 28.6 Å². The Labute approximate surface area is 118 Å². The van der Waals surface area contributed by atoms with Crippen LogP contribution in [0.3, 0.4) is 0 Å². The van der Waals surface area contributed by atoms with Crippen molar-refractivity contribution in [3.63, 3.8) is 0 Å². The molecule has 0 aliphatic rings. The number of rotatable bonds is 5. The summed E-state index contributed by atoms with van der Waals surface area (Å²) in [5.74, 6) is 0.237. The van der Waals surface area contributed by atoms with Crippen LogP contribution in [0.5, 0.6) is 17.2 Å². The van der Waals surface area contributed by atoms with Crippen molar-refractivity contribution in [1.82, 2.24) is 0 Å². The lowest BCUT2D eigenvalue weighted by Gasteiger charge is -2.10. The van der Waals surface area contributed by atoms with Gasteiger partial charge in [-0.1, -0.05) is 12.1 Å². The number of benzene rings is 2. The normalized spacial score (nSPS) is 9.95. The van der Waals surface area contributed by atoms with Gasteiger partial charge in [-0.15, -0.1) is 0 Å². The minimum Gasteiger partial charge on any atom is -0.493 e. The molecule has 0 saturated carbocycles. The number of hydrogen-bond donors (Lipinski definition) is 0. The molecule has 2 aromatic rings. The zero-order valence-electron chi connectivity index (χ0n) is 10.9. The molecule has 0 spiro atoms. The van der Waals surface area contributed by atoms with Crippen molar-refractivity contribution in [1.29, 1.82) is 0 Å². The number of nitro groups is 2. The summed E-state index contributed by atoms with van der Waals surface area (Å²) in [5, 5.41) is 21.7. The van der Waals surface area contributed by atoms with Crippen LogP contribution in [0.25, 0.3) is 0 Å². The minimum atomic E-state index is -0.598. The first-order valence-corrected chi connectivity index (χ1v) is 5.76. The summed E-state index contributed by atoms with van der Waals surface area (Å²) in [4.78, 5) is 20.5. The van der Waals surface area contributed by atoms with Crippen molar-refractivity contribution in [2.75, 3.05) is 7.11 Å². The van der Waals surface area contributed by atoms with Crippen LogP contribution in [0.15, 0.2) is 42.5 Å². The van der Waals surface area contributed by atoms with E-state index in [4.69, 9.17) is 9.47 Å². The molecule has 2 aromatic carbocycles. The first kappa shape index (κ1) is 14.3. The highest BCUT2D eigenvalue weighted by atomic mass is 16.6. The monoisotopic (exact) mass is 290 g/mol. The molecule has 0 unspecified atom stereocenters. The maximum atomic E-state index is 10.9. The van der Waals surface area contributed by atoms with Crippen molar-refractivity contribution >= 4 is 11.4 Å². The lowest BCUT2D eigenvalue weighted by atomic mass is 10.2. The van der Waals surface area contributed by atoms with Crippen LogP contribution in [-0.2, 0) is 0 Å². The third-order valence-electron chi connectivity index (χ3n) is 2.64. The van der Waals surface area contributed by atoms with Gasteiger partial charge in [0.05, 0.1) is 23.0 Å². The quantitative estimate of drug-likeness (QED) is 0.618. The van der Waals surface area contributed by atoms with Crippen LogP contribution in [0.4, 0.5) is 11.4 Å². The summed E-state index contributed by atoms with van der Waals surface area (Å²) in [6, 6.07) is 9.50. The summed E-state index contributed by atoms with van der Waals surface area (Å²) >= 11 is 0. The third-order valence-corrected chi connectivity index (χ3v) is 2.64. The average Bonchev–Trinajstić information content (AvgIpc) is 2.47. The number of methoxy groups -OCH3 is 1. The summed E-state index contributed by atoms with van der Waals surface area (Å²) in [7, 11) is 1.37. The van der Waals surface area contributed by atoms with Crippen LogP contribution in [-0.4, -0.2) is 17.0 Å². The fourth-order valence-electron chi connectivity index (χ4n) is 1.67. The number of hydrogen-bond acceptors (Lipinski definition) is 6. The van der Waals surface area contributed by atoms with Gasteiger partial charge in [-0.2, -0.15) is 0 Å². The fourth-order valence-corrected chi connectivity index (χ4v) is 1.67. The van der Waals surface area contributed by atoms with E-state index >= 15 is 0 Å². The molecule has 0 aliphatic heterocycles. The van der Waals surface area contributed by atoms with E-state index in [0.29, 0.717) is 0 Å². The second kappa shape index (κ2) is 5.87. The topological polar surface area (TPSA) is 105 Å². The summed E-state index contributed by atoms with van der Waals surface area (Å²) in [6.07, 6.45) is 0. The molecular formula is C13H10N2O6. The predicted molar refractivity (Wildman–Crippen MR) is 72.8 cm³/mol. The molecule has 0 amide bonds. The predicted octanol–water partition coefficient (Wildman–Crippen LogP) is 3.30. The molecule has 8 nitrogen and oxygen atoms in total. The highest BCUT2D eigenvalue weighted by Crippen LogP contribution is 2.37. The highest BCUT2D eigenvalue weighted by Gasteiger charge is 2.18. The van der Waals surface area contributed by atoms with Crippen molar-refractivity contribution in [2.24, 2.45) is 0 Å². The summed E-state index contributed by atoms with van der Waals surface area (Å²) in [5.41, 5.74) is -0.449. The Morgan fingerprint density at radius 2 is 1.62 bits per heavy atom. The first-order valence-electron chi connectivity index (χ1n) is 5.76. The fraction of sp³-hybridized carbons (Fsp3) is 0.0769. The summed E-state index contributed by atoms with van der Waals surface area (Å²) < 4.78 is 10.4. The Kier molecular flexibility index (Phi) is 3.98. The molecule has 108 valence electrons. The average molecular weight is 290 g/mol. The SMILES string of the molecule is COc1ccc([N+](=O)[O-])cc1Oc1ccccc1[N+](=O)[O-]. The van der Waals surface area contributed by atoms with E-state index in [1.54, 1.807) is 6.07 Å². The van der Waals surface area contributed by atoms with Gasteiger partial charge in [0.2, 0.25) is 5.75 Å². The summed E-state index contributed by atoms with van der Waals surface area (Å²) in [6.45, 7) is 0. The van der Waals surface area contributed by atoms with E-state index in [1.807, 2.05) is 0 Å². The Hall–Kier alpha value is -3.16. The highest BCUT2D eigenvalue weighted by molar-refractivity contribution is 5.54. The second-order valence-corrected chi connectivity index (χ2v) is 3.92. The Morgan fingerprint density at radius 1 is 0.905 bits per heavy atom. The Bertz CT molecular complexity index is 701. The molecule has 0 N–H and O–H groups in total. The number of ether oxygens (including phenoxy) is 2. The number of non-ortho nitro benzene ring substituents is 1. The lowest BCUT2D eigenvalue weighted by Crippen LogP contribution is -1.96. The van der Waals surface area contributed by atoms with Crippen LogP contribution in [0.2, 0.25) is 0 Å². The van der Waals surface area contributed by atoms with Gasteiger partial charge >= 0.3 is 5.69 Å². The van der Waals surface area contributed by atoms with Crippen molar-refractivity contribution in [3.8, 4) is 17.2 Å². The molecule has 21 heavy (non-hydrogen) atoms. The second-order valence-electron chi connectivity index (χ2n) is 3.92. The van der Waals surface area contributed by atoms with E-state index in [0.717, 1.165) is 6.07 Å². The first-order chi connectivity index (χ1) is 10.0. The Balaban J connectivity index is 2.45. The van der Waals surface area contributed by atoms with E-state index in [9.17, 15) is 20.2 Å². The van der Waals surface area contributed by atoms with E-state index in [1.165, 1.54) is 37.4 Å². The van der Waals surface area contributed by atoms with Gasteiger partial charge in [-0.3, -0.25) is 20.2 Å². The smallest absolute Gasteiger partial charge is 0.311 e. The standard InChI is InChI=1S/C13H10N2O6/c1-20-12-7-6-9(14(16)17)8-13(12)21-11-5-3-2-4-10(11)15(18)19/h2-8H,1H3. The molecule has 0 fully saturated rings. The van der Waals surface area contributed by atoms with Gasteiger partial charge in [0.25, 0.3) is 5.69 Å². The lowest BCUT2D eigenvalue weighted by molar-refractivity contribution is -0.386. The van der Waals surface area contributed by atoms with Gasteiger partial charge in [0.1, 0.15) is 0 Å². The molecule has 2 rings (SSSR count). The number of nitrogens with zero attached hydrogens (tertiary/aromatic N) is 2. The van der Waals surface area contributed by atoms with E-state index < -0.39 is 9.85 Å². The molecule has 0 atom stereocenters.